The molecule has 0 radical (unpaired) electrons. The smallest absolute Gasteiger partial charge is 0.264 e. The number of allylic oxidation sites excluding steroid dienone is 1. The molecule has 0 saturated carbocycles. The van der Waals surface area contributed by atoms with Crippen molar-refractivity contribution in [3.63, 3.8) is 0 Å². The first-order valence-corrected chi connectivity index (χ1v) is 8.86. The number of fused-ring (bicyclic) bond motifs is 1. The van der Waals surface area contributed by atoms with Gasteiger partial charge in [0.15, 0.2) is 5.65 Å². The van der Waals surface area contributed by atoms with Crippen LogP contribution in [0.15, 0.2) is 71.9 Å². The highest BCUT2D eigenvalue weighted by atomic mass is 16.1. The van der Waals surface area contributed by atoms with Gasteiger partial charge in [0, 0.05) is 6.54 Å². The highest BCUT2D eigenvalue weighted by molar-refractivity contribution is 5.75. The maximum Gasteiger partial charge on any atom is 0.264 e. The Morgan fingerprint density at radius 3 is 2.63 bits per heavy atom. The molecule has 2 aromatic carbocycles. The molecule has 5 heteroatoms. The highest BCUT2D eigenvalue weighted by Crippen LogP contribution is 2.17. The van der Waals surface area contributed by atoms with Crippen molar-refractivity contribution in [2.45, 2.75) is 20.4 Å². The van der Waals surface area contributed by atoms with Crippen molar-refractivity contribution >= 4 is 17.1 Å². The van der Waals surface area contributed by atoms with Gasteiger partial charge >= 0.3 is 0 Å². The molecule has 134 valence electrons. The molecule has 0 bridgehead atoms. The van der Waals surface area contributed by atoms with Gasteiger partial charge in [0.05, 0.1) is 11.9 Å². The Kier molecular flexibility index (Phi) is 4.42. The first-order valence-electron chi connectivity index (χ1n) is 8.86. The summed E-state index contributed by atoms with van der Waals surface area (Å²) in [6.45, 7) is 4.59. The molecular formula is C22H20N4O. The molecule has 0 spiro atoms. The molecule has 0 N–H and O–H groups in total. The van der Waals surface area contributed by atoms with E-state index in [4.69, 9.17) is 0 Å². The van der Waals surface area contributed by atoms with Crippen LogP contribution in [0.4, 0.5) is 0 Å². The molecule has 2 heterocycles. The summed E-state index contributed by atoms with van der Waals surface area (Å²) in [4.78, 5) is 17.3. The van der Waals surface area contributed by atoms with Crippen LogP contribution in [0.5, 0.6) is 0 Å². The number of benzene rings is 2. The van der Waals surface area contributed by atoms with Crippen molar-refractivity contribution in [1.29, 1.82) is 0 Å². The zero-order chi connectivity index (χ0) is 18.8. The summed E-state index contributed by atoms with van der Waals surface area (Å²) in [6, 6.07) is 16.1. The SMILES string of the molecule is Cc1ccc(-n2ncc3c(=O)n(C/C=C/c4ccccc4)cnc32)cc1C. The van der Waals surface area contributed by atoms with E-state index in [2.05, 4.69) is 30.0 Å². The fourth-order valence-corrected chi connectivity index (χ4v) is 2.99. The Balaban J connectivity index is 1.66. The first-order chi connectivity index (χ1) is 13.1. The van der Waals surface area contributed by atoms with E-state index in [0.29, 0.717) is 17.6 Å². The summed E-state index contributed by atoms with van der Waals surface area (Å²) in [5.74, 6) is 0. The van der Waals surface area contributed by atoms with Crippen LogP contribution in [0.2, 0.25) is 0 Å². The molecule has 4 rings (SSSR count). The standard InChI is InChI=1S/C22H20N4O/c1-16-10-11-19(13-17(16)2)26-21-20(14-24-26)22(27)25(15-23-21)12-6-9-18-7-4-3-5-8-18/h3-11,13-15H,12H2,1-2H3/b9-6+. The Bertz CT molecular complexity index is 1190. The van der Waals surface area contributed by atoms with Crippen molar-refractivity contribution in [2.24, 2.45) is 0 Å². The van der Waals surface area contributed by atoms with Crippen molar-refractivity contribution in [2.75, 3.05) is 0 Å². The maximum atomic E-state index is 12.8. The quantitative estimate of drug-likeness (QED) is 0.557. The van der Waals surface area contributed by atoms with E-state index >= 15 is 0 Å². The third kappa shape index (κ3) is 3.31. The lowest BCUT2D eigenvalue weighted by atomic mass is 10.1. The van der Waals surface area contributed by atoms with Gasteiger partial charge in [-0.1, -0.05) is 48.6 Å². The van der Waals surface area contributed by atoms with Crippen LogP contribution in [-0.4, -0.2) is 19.3 Å². The van der Waals surface area contributed by atoms with E-state index < -0.39 is 0 Å². The summed E-state index contributed by atoms with van der Waals surface area (Å²) in [7, 11) is 0. The van der Waals surface area contributed by atoms with Crippen LogP contribution in [0.3, 0.4) is 0 Å². The van der Waals surface area contributed by atoms with E-state index in [-0.39, 0.29) is 5.56 Å². The fourth-order valence-electron chi connectivity index (χ4n) is 2.99. The molecule has 0 aliphatic heterocycles. The molecular weight excluding hydrogens is 336 g/mol. The maximum absolute atomic E-state index is 12.8. The minimum Gasteiger partial charge on any atom is -0.295 e. The minimum absolute atomic E-state index is 0.0900. The van der Waals surface area contributed by atoms with Gasteiger partial charge < -0.3 is 0 Å². The zero-order valence-electron chi connectivity index (χ0n) is 15.3. The van der Waals surface area contributed by atoms with Gasteiger partial charge in [0.1, 0.15) is 11.7 Å². The Labute approximate surface area is 157 Å². The monoisotopic (exact) mass is 356 g/mol. The second-order valence-corrected chi connectivity index (χ2v) is 6.58. The van der Waals surface area contributed by atoms with Crippen LogP contribution < -0.4 is 5.56 Å². The molecule has 0 aliphatic carbocycles. The van der Waals surface area contributed by atoms with Gasteiger partial charge in [-0.25, -0.2) is 9.67 Å². The van der Waals surface area contributed by atoms with Crippen molar-refractivity contribution < 1.29 is 0 Å². The van der Waals surface area contributed by atoms with Crippen LogP contribution in [0.25, 0.3) is 22.8 Å². The third-order valence-corrected chi connectivity index (χ3v) is 4.70. The molecule has 5 nitrogen and oxygen atoms in total. The van der Waals surface area contributed by atoms with Gasteiger partial charge in [0.2, 0.25) is 0 Å². The van der Waals surface area contributed by atoms with E-state index in [9.17, 15) is 4.79 Å². The molecule has 0 fully saturated rings. The number of rotatable bonds is 4. The molecule has 0 atom stereocenters. The van der Waals surface area contributed by atoms with E-state index in [1.165, 1.54) is 11.1 Å². The molecule has 0 saturated heterocycles. The number of hydrogen-bond donors (Lipinski definition) is 0. The predicted octanol–water partition coefficient (Wildman–Crippen LogP) is 3.91. The Morgan fingerprint density at radius 1 is 1.04 bits per heavy atom. The second kappa shape index (κ2) is 7.03. The lowest BCUT2D eigenvalue weighted by Gasteiger charge is -2.07. The fraction of sp³-hybridized carbons (Fsp3) is 0.136. The zero-order valence-corrected chi connectivity index (χ0v) is 15.3. The van der Waals surface area contributed by atoms with E-state index in [1.54, 1.807) is 21.8 Å². The second-order valence-electron chi connectivity index (χ2n) is 6.58. The third-order valence-electron chi connectivity index (χ3n) is 4.70. The Hall–Kier alpha value is -3.47. The molecule has 0 unspecified atom stereocenters. The van der Waals surface area contributed by atoms with Gasteiger partial charge in [0.25, 0.3) is 5.56 Å². The number of aryl methyl sites for hydroxylation is 2. The van der Waals surface area contributed by atoms with Crippen molar-refractivity contribution in [3.05, 3.63) is 94.2 Å². The summed E-state index contributed by atoms with van der Waals surface area (Å²) in [5.41, 5.74) is 4.88. The van der Waals surface area contributed by atoms with Crippen LogP contribution in [0.1, 0.15) is 16.7 Å². The van der Waals surface area contributed by atoms with Gasteiger partial charge in [-0.2, -0.15) is 5.10 Å². The molecule has 2 aromatic heterocycles. The number of hydrogen-bond acceptors (Lipinski definition) is 3. The van der Waals surface area contributed by atoms with Crippen LogP contribution in [-0.2, 0) is 6.54 Å². The first kappa shape index (κ1) is 17.0. The summed E-state index contributed by atoms with van der Waals surface area (Å²) < 4.78 is 3.31. The average Bonchev–Trinajstić information content (AvgIpc) is 3.11. The van der Waals surface area contributed by atoms with Crippen LogP contribution >= 0.6 is 0 Å². The largest absolute Gasteiger partial charge is 0.295 e. The molecule has 0 aliphatic rings. The van der Waals surface area contributed by atoms with Gasteiger partial charge in [-0.05, 0) is 42.7 Å². The van der Waals surface area contributed by atoms with Crippen molar-refractivity contribution in [3.8, 4) is 5.69 Å². The normalized spacial score (nSPS) is 11.5. The Morgan fingerprint density at radius 2 is 1.85 bits per heavy atom. The molecule has 0 amide bonds. The number of nitrogens with zero attached hydrogens (tertiary/aromatic N) is 4. The topological polar surface area (TPSA) is 52.7 Å². The predicted molar refractivity (Wildman–Crippen MR) is 108 cm³/mol. The molecule has 4 aromatic rings. The lowest BCUT2D eigenvalue weighted by molar-refractivity contribution is 0.765. The lowest BCUT2D eigenvalue weighted by Crippen LogP contribution is -2.19. The van der Waals surface area contributed by atoms with E-state index in [1.807, 2.05) is 54.6 Å². The summed E-state index contributed by atoms with van der Waals surface area (Å²) in [6.07, 6.45) is 7.13. The van der Waals surface area contributed by atoms with Gasteiger partial charge in [-0.15, -0.1) is 0 Å². The van der Waals surface area contributed by atoms with Gasteiger partial charge in [-0.3, -0.25) is 9.36 Å². The highest BCUT2D eigenvalue weighted by Gasteiger charge is 2.11. The van der Waals surface area contributed by atoms with Crippen molar-refractivity contribution in [1.82, 2.24) is 19.3 Å². The minimum atomic E-state index is -0.0900. The van der Waals surface area contributed by atoms with Crippen LogP contribution in [0, 0.1) is 13.8 Å². The summed E-state index contributed by atoms with van der Waals surface area (Å²) >= 11 is 0. The number of aromatic nitrogens is 4. The van der Waals surface area contributed by atoms with E-state index in [0.717, 1.165) is 11.3 Å². The molecule has 27 heavy (non-hydrogen) atoms. The summed E-state index contributed by atoms with van der Waals surface area (Å²) in [5, 5.41) is 4.91. The average molecular weight is 356 g/mol.